The molecule has 1 heterocycles. The van der Waals surface area contributed by atoms with Gasteiger partial charge in [0, 0.05) is 25.3 Å². The van der Waals surface area contributed by atoms with Gasteiger partial charge in [-0.2, -0.15) is 0 Å². The number of benzene rings is 2. The molecule has 132 valence electrons. The van der Waals surface area contributed by atoms with Crippen molar-refractivity contribution in [2.75, 3.05) is 32.2 Å². The van der Waals surface area contributed by atoms with Crippen molar-refractivity contribution in [3.63, 3.8) is 0 Å². The maximum atomic E-state index is 12.6. The van der Waals surface area contributed by atoms with E-state index in [4.69, 9.17) is 9.47 Å². The van der Waals surface area contributed by atoms with Crippen LogP contribution < -0.4 is 19.7 Å². The van der Waals surface area contributed by atoms with Gasteiger partial charge in [0.2, 0.25) is 0 Å². The van der Waals surface area contributed by atoms with Crippen LogP contribution in [0.2, 0.25) is 0 Å². The lowest BCUT2D eigenvalue weighted by Gasteiger charge is -2.22. The van der Waals surface area contributed by atoms with Crippen molar-refractivity contribution in [3.8, 4) is 11.5 Å². The molecule has 0 saturated heterocycles. The second-order valence-electron chi connectivity index (χ2n) is 6.28. The van der Waals surface area contributed by atoms with Crippen LogP contribution in [0, 0.1) is 0 Å². The van der Waals surface area contributed by atoms with E-state index < -0.39 is 0 Å². The number of hydrogen-bond donors (Lipinski definition) is 1. The fourth-order valence-corrected chi connectivity index (χ4v) is 2.85. The highest BCUT2D eigenvalue weighted by molar-refractivity contribution is 5.94. The third-order valence-electron chi connectivity index (χ3n) is 4.33. The number of nitrogens with one attached hydrogen (secondary N) is 1. The number of amides is 1. The van der Waals surface area contributed by atoms with Gasteiger partial charge in [-0.3, -0.25) is 4.79 Å². The predicted molar refractivity (Wildman–Crippen MR) is 98.7 cm³/mol. The zero-order valence-electron chi connectivity index (χ0n) is 14.9. The molecular formula is C20H24N2O3. The molecule has 0 fully saturated rings. The number of hydrogen-bond acceptors (Lipinski definition) is 4. The fraction of sp³-hybridized carbons (Fsp3) is 0.350. The first-order valence-corrected chi connectivity index (χ1v) is 8.56. The molecule has 0 radical (unpaired) electrons. The summed E-state index contributed by atoms with van der Waals surface area (Å²) in [4.78, 5) is 14.6. The molecule has 0 spiro atoms. The van der Waals surface area contributed by atoms with Crippen molar-refractivity contribution in [1.82, 2.24) is 5.32 Å². The Balaban J connectivity index is 1.74. The normalized spacial score (nSPS) is 13.9. The average Bonchev–Trinajstić information content (AvgIpc) is 2.65. The maximum Gasteiger partial charge on any atom is 0.251 e. The molecule has 5 nitrogen and oxygen atoms in total. The van der Waals surface area contributed by atoms with Crippen LogP contribution in [0.15, 0.2) is 42.5 Å². The van der Waals surface area contributed by atoms with Gasteiger partial charge >= 0.3 is 0 Å². The molecule has 3 rings (SSSR count). The van der Waals surface area contributed by atoms with E-state index in [1.807, 2.05) is 61.5 Å². The molecule has 1 aliphatic heterocycles. The Bertz CT molecular complexity index is 741. The zero-order valence-corrected chi connectivity index (χ0v) is 14.9. The number of rotatable bonds is 5. The number of carbonyl (C=O) groups excluding carboxylic acids is 1. The van der Waals surface area contributed by atoms with Gasteiger partial charge in [-0.25, -0.2) is 0 Å². The highest BCUT2D eigenvalue weighted by Crippen LogP contribution is 2.33. The molecule has 0 aliphatic carbocycles. The first-order valence-electron chi connectivity index (χ1n) is 8.56. The van der Waals surface area contributed by atoms with Gasteiger partial charge in [0.25, 0.3) is 5.91 Å². The van der Waals surface area contributed by atoms with Gasteiger partial charge in [-0.15, -0.1) is 0 Å². The first kappa shape index (κ1) is 17.1. The zero-order chi connectivity index (χ0) is 17.8. The number of carbonyl (C=O) groups is 1. The number of anilines is 1. The van der Waals surface area contributed by atoms with E-state index >= 15 is 0 Å². The van der Waals surface area contributed by atoms with Gasteiger partial charge in [-0.1, -0.05) is 13.0 Å². The summed E-state index contributed by atoms with van der Waals surface area (Å²) in [6, 6.07) is 13.4. The number of ether oxygens (including phenoxy) is 2. The Morgan fingerprint density at radius 3 is 2.40 bits per heavy atom. The molecular weight excluding hydrogens is 316 g/mol. The maximum absolute atomic E-state index is 12.6. The molecule has 1 amide bonds. The minimum absolute atomic E-state index is 0.0724. The predicted octanol–water partition coefficient (Wildman–Crippen LogP) is 3.40. The Kier molecular flexibility index (Phi) is 5.12. The van der Waals surface area contributed by atoms with Gasteiger partial charge in [0.05, 0.1) is 6.04 Å². The number of fused-ring (bicyclic) bond motifs is 1. The van der Waals surface area contributed by atoms with Crippen molar-refractivity contribution in [3.05, 3.63) is 53.6 Å². The molecule has 0 aromatic heterocycles. The van der Waals surface area contributed by atoms with E-state index in [1.165, 1.54) is 0 Å². The lowest BCUT2D eigenvalue weighted by atomic mass is 10.0. The first-order chi connectivity index (χ1) is 12.1. The second-order valence-corrected chi connectivity index (χ2v) is 6.28. The lowest BCUT2D eigenvalue weighted by molar-refractivity contribution is 0.0935. The Morgan fingerprint density at radius 2 is 1.76 bits per heavy atom. The average molecular weight is 340 g/mol. The van der Waals surface area contributed by atoms with Crippen LogP contribution in [0.25, 0.3) is 0 Å². The molecule has 2 aromatic rings. The van der Waals surface area contributed by atoms with E-state index in [1.54, 1.807) is 0 Å². The van der Waals surface area contributed by atoms with E-state index in [9.17, 15) is 4.79 Å². The highest BCUT2D eigenvalue weighted by atomic mass is 16.6. The summed E-state index contributed by atoms with van der Waals surface area (Å²) >= 11 is 0. The monoisotopic (exact) mass is 340 g/mol. The Morgan fingerprint density at radius 1 is 1.08 bits per heavy atom. The Hall–Kier alpha value is -2.69. The third kappa shape index (κ3) is 3.87. The molecule has 0 bridgehead atoms. The van der Waals surface area contributed by atoms with Crippen molar-refractivity contribution in [2.45, 2.75) is 19.4 Å². The lowest BCUT2D eigenvalue weighted by Crippen LogP contribution is -2.28. The molecule has 5 heteroatoms. The number of nitrogens with zero attached hydrogens (tertiary/aromatic N) is 1. The van der Waals surface area contributed by atoms with E-state index in [0.717, 1.165) is 29.2 Å². The summed E-state index contributed by atoms with van der Waals surface area (Å²) in [7, 11) is 3.95. The highest BCUT2D eigenvalue weighted by Gasteiger charge is 2.18. The molecule has 1 N–H and O–H groups in total. The summed E-state index contributed by atoms with van der Waals surface area (Å²) in [6.07, 6.45) is 0.793. The molecule has 2 aromatic carbocycles. The quantitative estimate of drug-likeness (QED) is 0.906. The summed E-state index contributed by atoms with van der Waals surface area (Å²) in [5.74, 6) is 1.43. The van der Waals surface area contributed by atoms with Gasteiger partial charge in [-0.05, 0) is 48.4 Å². The van der Waals surface area contributed by atoms with Gasteiger partial charge in [0.1, 0.15) is 13.2 Å². The summed E-state index contributed by atoms with van der Waals surface area (Å²) < 4.78 is 11.2. The molecule has 1 atom stereocenters. The summed E-state index contributed by atoms with van der Waals surface area (Å²) in [5, 5.41) is 3.11. The minimum atomic E-state index is -0.0768. The fourth-order valence-electron chi connectivity index (χ4n) is 2.85. The van der Waals surface area contributed by atoms with Crippen LogP contribution in [0.4, 0.5) is 5.69 Å². The van der Waals surface area contributed by atoms with Gasteiger partial charge in [0.15, 0.2) is 11.5 Å². The Labute approximate surface area is 148 Å². The third-order valence-corrected chi connectivity index (χ3v) is 4.33. The van der Waals surface area contributed by atoms with E-state index in [2.05, 4.69) is 12.2 Å². The van der Waals surface area contributed by atoms with E-state index in [-0.39, 0.29) is 11.9 Å². The van der Waals surface area contributed by atoms with E-state index in [0.29, 0.717) is 18.8 Å². The van der Waals surface area contributed by atoms with Crippen molar-refractivity contribution in [2.24, 2.45) is 0 Å². The van der Waals surface area contributed by atoms with Crippen LogP contribution in [0.5, 0.6) is 11.5 Å². The van der Waals surface area contributed by atoms with Crippen molar-refractivity contribution in [1.29, 1.82) is 0 Å². The standard InChI is InChI=1S/C20H24N2O3/c1-4-17(15-7-10-18-19(13-15)25-12-11-24-18)21-20(23)14-5-8-16(9-6-14)22(2)3/h5-10,13,17H,4,11-12H2,1-3H3,(H,21,23). The van der Waals surface area contributed by atoms with Crippen LogP contribution in [-0.2, 0) is 0 Å². The van der Waals surface area contributed by atoms with Gasteiger partial charge < -0.3 is 19.7 Å². The molecule has 0 saturated carbocycles. The summed E-state index contributed by atoms with van der Waals surface area (Å²) in [6.45, 7) is 3.18. The second kappa shape index (κ2) is 7.47. The van der Waals surface area contributed by atoms with Crippen LogP contribution in [0.1, 0.15) is 35.3 Å². The SMILES string of the molecule is CCC(NC(=O)c1ccc(N(C)C)cc1)c1ccc2c(c1)OCCO2. The van der Waals surface area contributed by atoms with Crippen LogP contribution in [0.3, 0.4) is 0 Å². The van der Waals surface area contributed by atoms with Crippen molar-refractivity contribution < 1.29 is 14.3 Å². The molecule has 1 unspecified atom stereocenters. The molecule has 25 heavy (non-hydrogen) atoms. The van der Waals surface area contributed by atoms with Crippen LogP contribution >= 0.6 is 0 Å². The largest absolute Gasteiger partial charge is 0.486 e. The minimum Gasteiger partial charge on any atom is -0.486 e. The van der Waals surface area contributed by atoms with Crippen molar-refractivity contribution >= 4 is 11.6 Å². The topological polar surface area (TPSA) is 50.8 Å². The van der Waals surface area contributed by atoms with Crippen LogP contribution in [-0.4, -0.2) is 33.2 Å². The smallest absolute Gasteiger partial charge is 0.251 e. The summed E-state index contributed by atoms with van der Waals surface area (Å²) in [5.41, 5.74) is 2.74. The molecule has 1 aliphatic rings.